The van der Waals surface area contributed by atoms with Crippen molar-refractivity contribution in [3.63, 3.8) is 0 Å². The molecule has 134 valence electrons. The maximum Gasteiger partial charge on any atom is 0.337 e. The van der Waals surface area contributed by atoms with Crippen molar-refractivity contribution in [3.8, 4) is 0 Å². The monoisotopic (exact) mass is 355 g/mol. The van der Waals surface area contributed by atoms with E-state index in [-0.39, 0.29) is 17.7 Å². The van der Waals surface area contributed by atoms with Crippen molar-refractivity contribution in [2.45, 2.75) is 63.7 Å². The van der Waals surface area contributed by atoms with Crippen LogP contribution >= 0.6 is 11.6 Å². The zero-order valence-electron chi connectivity index (χ0n) is 14.5. The lowest BCUT2D eigenvalue weighted by molar-refractivity contribution is -0.204. The van der Waals surface area contributed by atoms with Crippen molar-refractivity contribution in [1.29, 1.82) is 0 Å². The minimum atomic E-state index is -1.03. The zero-order valence-corrected chi connectivity index (χ0v) is 15.2. The molecule has 4 aliphatic rings. The highest BCUT2D eigenvalue weighted by atomic mass is 35.5. The number of hydrogen-bond acceptors (Lipinski definition) is 4. The summed E-state index contributed by atoms with van der Waals surface area (Å²) in [6.07, 6.45) is 2.94. The number of rotatable bonds is 4. The van der Waals surface area contributed by atoms with Crippen LogP contribution in [0.1, 0.15) is 46.5 Å². The Bertz CT molecular complexity index is 612. The molecular formula is C18H26ClNO4. The van der Waals surface area contributed by atoms with Gasteiger partial charge in [-0.15, -0.1) is 11.6 Å². The highest BCUT2D eigenvalue weighted by Crippen LogP contribution is 2.82. The second kappa shape index (κ2) is 4.88. The van der Waals surface area contributed by atoms with Crippen molar-refractivity contribution in [1.82, 2.24) is 5.32 Å². The molecule has 4 fully saturated rings. The van der Waals surface area contributed by atoms with Gasteiger partial charge in [-0.25, -0.2) is 4.79 Å². The number of alkyl halides is 1. The number of esters is 1. The van der Waals surface area contributed by atoms with Crippen molar-refractivity contribution in [2.75, 3.05) is 5.88 Å². The first kappa shape index (κ1) is 16.6. The summed E-state index contributed by atoms with van der Waals surface area (Å²) >= 11 is 5.89. The van der Waals surface area contributed by atoms with Gasteiger partial charge in [0.05, 0.1) is 11.3 Å². The smallest absolute Gasteiger partial charge is 0.337 e. The van der Waals surface area contributed by atoms with Gasteiger partial charge in [0, 0.05) is 5.88 Å². The van der Waals surface area contributed by atoms with Gasteiger partial charge < -0.3 is 15.2 Å². The molecule has 2 aliphatic carbocycles. The Balaban J connectivity index is 1.69. The first-order chi connectivity index (χ1) is 11.3. The van der Waals surface area contributed by atoms with Crippen molar-refractivity contribution in [2.24, 2.45) is 29.1 Å². The normalized spacial score (nSPS) is 53.4. The van der Waals surface area contributed by atoms with Crippen LogP contribution in [0, 0.1) is 29.1 Å². The summed E-state index contributed by atoms with van der Waals surface area (Å²) in [6, 6.07) is 0. The van der Waals surface area contributed by atoms with Crippen LogP contribution < -0.4 is 5.32 Å². The minimum absolute atomic E-state index is 0.0923. The maximum atomic E-state index is 12.3. The molecule has 2 aliphatic heterocycles. The predicted octanol–water partition coefficient (Wildman–Crippen LogP) is 1.85. The summed E-state index contributed by atoms with van der Waals surface area (Å²) in [5, 5.41) is 14.2. The van der Waals surface area contributed by atoms with Gasteiger partial charge >= 0.3 is 5.97 Å². The van der Waals surface area contributed by atoms with E-state index in [9.17, 15) is 14.7 Å². The molecule has 2 N–H and O–H groups in total. The second-order valence-corrected chi connectivity index (χ2v) is 8.85. The Labute approximate surface area is 147 Å². The number of aliphatic hydroxyl groups is 1. The number of fused-ring (bicyclic) bond motifs is 1. The summed E-state index contributed by atoms with van der Waals surface area (Å²) < 4.78 is 5.64. The molecule has 24 heavy (non-hydrogen) atoms. The summed E-state index contributed by atoms with van der Waals surface area (Å²) in [5.41, 5.74) is -2.69. The van der Waals surface area contributed by atoms with Crippen LogP contribution in [0.15, 0.2) is 0 Å². The molecule has 8 atom stereocenters. The van der Waals surface area contributed by atoms with Gasteiger partial charge in [0.2, 0.25) is 5.91 Å². The largest absolute Gasteiger partial charge is 0.450 e. The number of hydrogen-bond donors (Lipinski definition) is 2. The highest BCUT2D eigenvalue weighted by molar-refractivity contribution is 6.18. The summed E-state index contributed by atoms with van der Waals surface area (Å²) in [5.74, 6) is 0.435. The van der Waals surface area contributed by atoms with Crippen LogP contribution in [-0.2, 0) is 14.3 Å². The first-order valence-electron chi connectivity index (χ1n) is 9.09. The lowest BCUT2D eigenvalue weighted by Crippen LogP contribution is -2.66. The van der Waals surface area contributed by atoms with Crippen LogP contribution in [0.3, 0.4) is 0 Å². The molecule has 1 spiro atoms. The fraction of sp³-hybridized carbons (Fsp3) is 0.889. The fourth-order valence-corrected chi connectivity index (χ4v) is 6.49. The van der Waals surface area contributed by atoms with Crippen LogP contribution in [0.4, 0.5) is 0 Å². The highest BCUT2D eigenvalue weighted by Gasteiger charge is 3.05. The van der Waals surface area contributed by atoms with E-state index in [2.05, 4.69) is 19.2 Å². The third-order valence-electron chi connectivity index (χ3n) is 7.92. The van der Waals surface area contributed by atoms with Crippen LogP contribution in [0.5, 0.6) is 0 Å². The molecule has 6 heteroatoms. The molecule has 0 radical (unpaired) electrons. The molecule has 4 rings (SSSR count). The van der Waals surface area contributed by atoms with E-state index < -0.39 is 28.6 Å². The molecule has 0 bridgehead atoms. The maximum absolute atomic E-state index is 12.3. The van der Waals surface area contributed by atoms with Crippen molar-refractivity contribution in [3.05, 3.63) is 0 Å². The molecular weight excluding hydrogens is 330 g/mol. The van der Waals surface area contributed by atoms with Crippen LogP contribution in [0.25, 0.3) is 0 Å². The number of aliphatic hydroxyl groups excluding tert-OH is 1. The average Bonchev–Trinajstić information content (AvgIpc) is 2.76. The molecule has 0 aromatic rings. The fourth-order valence-electron chi connectivity index (χ4n) is 6.28. The van der Waals surface area contributed by atoms with Gasteiger partial charge in [0.1, 0.15) is 6.10 Å². The predicted molar refractivity (Wildman–Crippen MR) is 88.3 cm³/mol. The van der Waals surface area contributed by atoms with Gasteiger partial charge in [-0.1, -0.05) is 33.6 Å². The SMILES string of the molecule is C[C@@H]1[C@@H]([C@H](O)C23OC(=O)C24NC(=O)[C@H](CCCl)[C@]43C)CCC[C@@H]1C. The number of ether oxygens (including phenoxy) is 1. The van der Waals surface area contributed by atoms with E-state index >= 15 is 0 Å². The number of carbonyl (C=O) groups is 2. The third kappa shape index (κ3) is 1.45. The summed E-state index contributed by atoms with van der Waals surface area (Å²) in [7, 11) is 0. The number of halogens is 1. The van der Waals surface area contributed by atoms with Crippen LogP contribution in [0.2, 0.25) is 0 Å². The third-order valence-corrected chi connectivity index (χ3v) is 8.14. The molecule has 2 heterocycles. The van der Waals surface area contributed by atoms with Gasteiger partial charge in [-0.05, 0) is 30.6 Å². The van der Waals surface area contributed by atoms with Gasteiger partial charge in [0.15, 0.2) is 11.1 Å². The molecule has 5 nitrogen and oxygen atoms in total. The Morgan fingerprint density at radius 1 is 1.38 bits per heavy atom. The number of piperidine rings is 1. The molecule has 1 amide bonds. The Hall–Kier alpha value is -0.810. The Morgan fingerprint density at radius 3 is 2.71 bits per heavy atom. The van der Waals surface area contributed by atoms with E-state index in [0.717, 1.165) is 12.8 Å². The molecule has 2 unspecified atom stereocenters. The second-order valence-electron chi connectivity index (χ2n) is 8.47. The van der Waals surface area contributed by atoms with E-state index in [1.165, 1.54) is 6.42 Å². The van der Waals surface area contributed by atoms with E-state index in [4.69, 9.17) is 16.3 Å². The van der Waals surface area contributed by atoms with Gasteiger partial charge in [0.25, 0.3) is 0 Å². The van der Waals surface area contributed by atoms with E-state index in [1.54, 1.807) is 0 Å². The Morgan fingerprint density at radius 2 is 2.08 bits per heavy atom. The van der Waals surface area contributed by atoms with Crippen molar-refractivity contribution >= 4 is 23.5 Å². The lowest BCUT2D eigenvalue weighted by Gasteiger charge is -2.45. The summed E-state index contributed by atoms with van der Waals surface area (Å²) in [6.45, 7) is 6.31. The number of nitrogens with one attached hydrogen (secondary N) is 1. The van der Waals surface area contributed by atoms with E-state index in [1.807, 2.05) is 6.92 Å². The zero-order chi connectivity index (χ0) is 17.5. The molecule has 0 aromatic heterocycles. The van der Waals surface area contributed by atoms with Gasteiger partial charge in [-0.2, -0.15) is 0 Å². The topological polar surface area (TPSA) is 75.6 Å². The molecule has 2 saturated carbocycles. The van der Waals surface area contributed by atoms with Crippen molar-refractivity contribution < 1.29 is 19.4 Å². The average molecular weight is 356 g/mol. The van der Waals surface area contributed by atoms with Crippen LogP contribution in [-0.4, -0.2) is 40.1 Å². The molecule has 2 saturated heterocycles. The standard InChI is InChI=1S/C18H26ClNO4/c1-9-5-4-6-11(10(9)2)13(21)18-16(3)12(7-8-19)14(22)20-17(16,18)15(23)24-18/h9-13,21H,4-8H2,1-3H3,(H,20,22)/t9-,10-,11-,12-,13-,16+,17?,18?/m0/s1. The molecule has 0 aromatic carbocycles. The summed E-state index contributed by atoms with van der Waals surface area (Å²) in [4.78, 5) is 24.7. The lowest BCUT2D eigenvalue weighted by atomic mass is 9.68. The van der Waals surface area contributed by atoms with E-state index in [0.29, 0.717) is 24.1 Å². The Kier molecular flexibility index (Phi) is 3.38. The minimum Gasteiger partial charge on any atom is -0.450 e. The number of carbonyl (C=O) groups excluding carboxylic acids is 2. The van der Waals surface area contributed by atoms with Gasteiger partial charge in [-0.3, -0.25) is 4.79 Å². The number of amides is 1. The first-order valence-corrected chi connectivity index (χ1v) is 9.62. The quantitative estimate of drug-likeness (QED) is 0.596.